The van der Waals surface area contributed by atoms with E-state index in [0.717, 1.165) is 5.56 Å². The predicted molar refractivity (Wildman–Crippen MR) is 75.3 cm³/mol. The number of oxime groups is 1. The zero-order valence-corrected chi connectivity index (χ0v) is 11.4. The highest BCUT2D eigenvalue weighted by molar-refractivity contribution is 6.12. The second-order valence-corrected chi connectivity index (χ2v) is 4.56. The first-order valence-corrected chi connectivity index (χ1v) is 6.35. The number of rotatable bonds is 4. The summed E-state index contributed by atoms with van der Waals surface area (Å²) in [6, 6.07) is 16.3. The third kappa shape index (κ3) is 4.63. The van der Waals surface area contributed by atoms with Gasteiger partial charge in [-0.15, -0.1) is 0 Å². The van der Waals surface area contributed by atoms with Gasteiger partial charge in [0.15, 0.2) is 0 Å². The van der Waals surface area contributed by atoms with Crippen molar-refractivity contribution in [1.82, 2.24) is 0 Å². The van der Waals surface area contributed by atoms with Crippen molar-refractivity contribution < 1.29 is 18.0 Å². The number of hydrogen-bond donors (Lipinski definition) is 0. The molecule has 0 bridgehead atoms. The van der Waals surface area contributed by atoms with Crippen LogP contribution in [0.4, 0.5) is 13.2 Å². The molecule has 0 fully saturated rings. The summed E-state index contributed by atoms with van der Waals surface area (Å²) >= 11 is 0. The van der Waals surface area contributed by atoms with E-state index in [1.807, 2.05) is 31.2 Å². The van der Waals surface area contributed by atoms with Gasteiger partial charge in [-0.3, -0.25) is 0 Å². The first kappa shape index (κ1) is 15.1. The van der Waals surface area contributed by atoms with Crippen LogP contribution in [0.1, 0.15) is 16.7 Å². The van der Waals surface area contributed by atoms with Gasteiger partial charge < -0.3 is 4.84 Å². The van der Waals surface area contributed by atoms with Gasteiger partial charge in [-0.05, 0) is 13.0 Å². The van der Waals surface area contributed by atoms with Crippen LogP contribution in [0.15, 0.2) is 59.8 Å². The minimum absolute atomic E-state index is 0.378. The Bertz CT molecular complexity index is 621. The van der Waals surface area contributed by atoms with Crippen LogP contribution in [0.3, 0.4) is 0 Å². The fraction of sp³-hybridized carbons (Fsp3) is 0.188. The van der Waals surface area contributed by atoms with Crippen LogP contribution < -0.4 is 0 Å². The van der Waals surface area contributed by atoms with Crippen LogP contribution in [-0.4, -0.2) is 18.5 Å². The van der Waals surface area contributed by atoms with Crippen LogP contribution in [-0.2, 0) is 4.84 Å². The molecule has 0 aliphatic heterocycles. The zero-order chi connectivity index (χ0) is 15.3. The predicted octanol–water partition coefficient (Wildman–Crippen LogP) is 4.33. The summed E-state index contributed by atoms with van der Waals surface area (Å²) in [5, 5.41) is 3.69. The molecule has 0 unspecified atom stereocenters. The molecule has 0 spiro atoms. The van der Waals surface area contributed by atoms with Crippen LogP contribution in [0, 0.1) is 6.92 Å². The first-order chi connectivity index (χ1) is 9.96. The molecule has 0 atom stereocenters. The van der Waals surface area contributed by atoms with Crippen LogP contribution >= 0.6 is 0 Å². The highest BCUT2D eigenvalue weighted by Gasteiger charge is 2.28. The molecule has 2 aromatic carbocycles. The normalized spacial score (nSPS) is 12.3. The minimum atomic E-state index is -4.40. The fourth-order valence-corrected chi connectivity index (χ4v) is 1.83. The smallest absolute Gasteiger partial charge is 0.386 e. The third-order valence-electron chi connectivity index (χ3n) is 2.72. The van der Waals surface area contributed by atoms with E-state index < -0.39 is 12.8 Å². The average molecular weight is 293 g/mol. The Balaban J connectivity index is 2.33. The number of benzene rings is 2. The van der Waals surface area contributed by atoms with E-state index in [-0.39, 0.29) is 0 Å². The second kappa shape index (κ2) is 6.43. The molecule has 2 aromatic rings. The van der Waals surface area contributed by atoms with Gasteiger partial charge in [-0.1, -0.05) is 59.3 Å². The molecule has 0 radical (unpaired) electrons. The number of halogens is 3. The largest absolute Gasteiger partial charge is 0.425 e. The fourth-order valence-electron chi connectivity index (χ4n) is 1.83. The highest BCUT2D eigenvalue weighted by atomic mass is 19.4. The Morgan fingerprint density at radius 1 is 1.00 bits per heavy atom. The SMILES string of the molecule is Cc1cccc(/C(=N/OCC(F)(F)F)c2ccccc2)c1. The van der Waals surface area contributed by atoms with Gasteiger partial charge in [-0.2, -0.15) is 13.2 Å². The number of hydrogen-bond acceptors (Lipinski definition) is 2. The molecule has 0 heterocycles. The lowest BCUT2D eigenvalue weighted by atomic mass is 10.0. The molecule has 0 N–H and O–H groups in total. The van der Waals surface area contributed by atoms with Crippen molar-refractivity contribution in [3.05, 3.63) is 71.3 Å². The Kier molecular flexibility index (Phi) is 4.62. The van der Waals surface area contributed by atoms with E-state index >= 15 is 0 Å². The third-order valence-corrected chi connectivity index (χ3v) is 2.72. The summed E-state index contributed by atoms with van der Waals surface area (Å²) in [7, 11) is 0. The lowest BCUT2D eigenvalue weighted by Crippen LogP contribution is -2.16. The van der Waals surface area contributed by atoms with Crippen molar-refractivity contribution in [2.45, 2.75) is 13.1 Å². The topological polar surface area (TPSA) is 21.6 Å². The minimum Gasteiger partial charge on any atom is -0.386 e. The van der Waals surface area contributed by atoms with E-state index in [4.69, 9.17) is 0 Å². The molecular formula is C16H14F3NO. The van der Waals surface area contributed by atoms with E-state index in [1.54, 1.807) is 30.3 Å². The number of nitrogens with zero attached hydrogens (tertiary/aromatic N) is 1. The average Bonchev–Trinajstić information content (AvgIpc) is 2.43. The number of aryl methyl sites for hydroxylation is 1. The van der Waals surface area contributed by atoms with Crippen molar-refractivity contribution in [2.24, 2.45) is 5.16 Å². The first-order valence-electron chi connectivity index (χ1n) is 6.35. The number of alkyl halides is 3. The maximum atomic E-state index is 12.2. The van der Waals surface area contributed by atoms with Gasteiger partial charge in [0.2, 0.25) is 6.61 Å². The zero-order valence-electron chi connectivity index (χ0n) is 11.4. The van der Waals surface area contributed by atoms with Crippen molar-refractivity contribution in [3.63, 3.8) is 0 Å². The Labute approximate surface area is 120 Å². The van der Waals surface area contributed by atoms with Crippen molar-refractivity contribution in [1.29, 1.82) is 0 Å². The Hall–Kier alpha value is -2.30. The summed E-state index contributed by atoms with van der Waals surface area (Å²) < 4.78 is 36.5. The van der Waals surface area contributed by atoms with Crippen LogP contribution in [0.2, 0.25) is 0 Å². The van der Waals surface area contributed by atoms with Gasteiger partial charge in [-0.25, -0.2) is 0 Å². The summed E-state index contributed by atoms with van der Waals surface area (Å²) in [6.45, 7) is 0.498. The van der Waals surface area contributed by atoms with E-state index in [1.165, 1.54) is 0 Å². The molecule has 0 saturated carbocycles. The lowest BCUT2D eigenvalue weighted by molar-refractivity contribution is -0.173. The van der Waals surface area contributed by atoms with Gasteiger partial charge in [0.05, 0.1) is 0 Å². The molecule has 21 heavy (non-hydrogen) atoms. The summed E-state index contributed by atoms with van der Waals surface area (Å²) in [5.41, 5.74) is 2.78. The Morgan fingerprint density at radius 2 is 1.67 bits per heavy atom. The van der Waals surface area contributed by atoms with Crippen molar-refractivity contribution >= 4 is 5.71 Å². The van der Waals surface area contributed by atoms with Crippen molar-refractivity contribution in [2.75, 3.05) is 6.61 Å². The van der Waals surface area contributed by atoms with E-state index in [9.17, 15) is 13.2 Å². The maximum absolute atomic E-state index is 12.2. The molecule has 110 valence electrons. The van der Waals surface area contributed by atoms with Gasteiger partial charge in [0.25, 0.3) is 0 Å². The molecule has 5 heteroatoms. The molecule has 0 saturated heterocycles. The van der Waals surface area contributed by atoms with E-state index in [2.05, 4.69) is 9.99 Å². The van der Waals surface area contributed by atoms with Crippen LogP contribution in [0.5, 0.6) is 0 Å². The molecule has 0 aliphatic carbocycles. The standard InChI is InChI=1S/C16H14F3NO/c1-12-6-5-9-14(10-12)15(13-7-3-2-4-8-13)20-21-11-16(17,18)19/h2-10H,11H2,1H3/b20-15+. The lowest BCUT2D eigenvalue weighted by Gasteiger charge is -2.09. The second-order valence-electron chi connectivity index (χ2n) is 4.56. The molecule has 2 nitrogen and oxygen atoms in total. The Morgan fingerprint density at radius 3 is 2.29 bits per heavy atom. The molecule has 0 amide bonds. The summed E-state index contributed by atoms with van der Waals surface area (Å²) in [4.78, 5) is 4.47. The summed E-state index contributed by atoms with van der Waals surface area (Å²) in [6.07, 6.45) is -4.40. The molecule has 0 aliphatic rings. The molecule has 2 rings (SSSR count). The molecular weight excluding hydrogens is 279 g/mol. The van der Waals surface area contributed by atoms with Gasteiger partial charge in [0.1, 0.15) is 5.71 Å². The maximum Gasteiger partial charge on any atom is 0.425 e. The van der Waals surface area contributed by atoms with Gasteiger partial charge in [0, 0.05) is 11.1 Å². The summed E-state index contributed by atoms with van der Waals surface area (Å²) in [5.74, 6) is 0. The van der Waals surface area contributed by atoms with Crippen molar-refractivity contribution in [3.8, 4) is 0 Å². The van der Waals surface area contributed by atoms with E-state index in [0.29, 0.717) is 16.8 Å². The highest BCUT2D eigenvalue weighted by Crippen LogP contribution is 2.17. The van der Waals surface area contributed by atoms with Crippen LogP contribution in [0.25, 0.3) is 0 Å². The molecule has 0 aromatic heterocycles. The quantitative estimate of drug-likeness (QED) is 0.607. The monoisotopic (exact) mass is 293 g/mol. The van der Waals surface area contributed by atoms with Gasteiger partial charge >= 0.3 is 6.18 Å².